The smallest absolute Gasteiger partial charge is 0.258 e. The molecule has 102 valence electrons. The van der Waals surface area contributed by atoms with Crippen LogP contribution < -0.4 is 11.1 Å². The number of hydrogen-bond donors (Lipinski definition) is 2. The fourth-order valence-corrected chi connectivity index (χ4v) is 1.79. The van der Waals surface area contributed by atoms with Gasteiger partial charge in [0, 0.05) is 11.3 Å². The number of nitrogens with two attached hydrogens (primary N) is 1. The minimum Gasteiger partial charge on any atom is -0.389 e. The molecule has 2 aromatic rings. The third-order valence-electron chi connectivity index (χ3n) is 2.61. The molecule has 0 unspecified atom stereocenters. The molecule has 0 radical (unpaired) electrons. The third kappa shape index (κ3) is 2.97. The van der Waals surface area contributed by atoms with Crippen molar-refractivity contribution >= 4 is 28.8 Å². The minimum atomic E-state index is -0.637. The first-order valence-corrected chi connectivity index (χ1v) is 6.05. The number of amides is 1. The van der Waals surface area contributed by atoms with Crippen molar-refractivity contribution in [2.45, 2.75) is 0 Å². The molecule has 6 heteroatoms. The van der Waals surface area contributed by atoms with E-state index in [0.29, 0.717) is 0 Å². The van der Waals surface area contributed by atoms with Gasteiger partial charge in [-0.1, -0.05) is 24.4 Å². The van der Waals surface area contributed by atoms with Crippen LogP contribution in [-0.4, -0.2) is 10.9 Å². The number of carbonyl (C=O) groups is 1. The SMILES string of the molecule is NC(=S)c1cc(NC(=O)c2ccccc2F)ccc1F. The second kappa shape index (κ2) is 5.75. The van der Waals surface area contributed by atoms with E-state index in [1.54, 1.807) is 6.07 Å². The molecule has 0 aliphatic rings. The molecule has 0 fully saturated rings. The van der Waals surface area contributed by atoms with Crippen LogP contribution in [0.1, 0.15) is 15.9 Å². The summed E-state index contributed by atoms with van der Waals surface area (Å²) in [7, 11) is 0. The van der Waals surface area contributed by atoms with Crippen LogP contribution in [0.2, 0.25) is 0 Å². The summed E-state index contributed by atoms with van der Waals surface area (Å²) in [5, 5.41) is 2.46. The highest BCUT2D eigenvalue weighted by Gasteiger charge is 2.12. The van der Waals surface area contributed by atoms with E-state index in [0.717, 1.165) is 6.07 Å². The van der Waals surface area contributed by atoms with E-state index < -0.39 is 17.5 Å². The van der Waals surface area contributed by atoms with Crippen molar-refractivity contribution in [1.82, 2.24) is 0 Å². The molecule has 0 aliphatic heterocycles. The summed E-state index contributed by atoms with van der Waals surface area (Å²) in [5.74, 6) is -1.85. The highest BCUT2D eigenvalue weighted by atomic mass is 32.1. The van der Waals surface area contributed by atoms with Crippen LogP contribution in [0, 0.1) is 11.6 Å². The van der Waals surface area contributed by atoms with Gasteiger partial charge in [0.2, 0.25) is 0 Å². The summed E-state index contributed by atoms with van der Waals surface area (Å²) in [6.45, 7) is 0. The van der Waals surface area contributed by atoms with Crippen LogP contribution in [0.15, 0.2) is 42.5 Å². The Morgan fingerprint density at radius 1 is 1.05 bits per heavy atom. The lowest BCUT2D eigenvalue weighted by Gasteiger charge is -2.08. The summed E-state index contributed by atoms with van der Waals surface area (Å²) in [4.78, 5) is 11.8. The van der Waals surface area contributed by atoms with E-state index in [2.05, 4.69) is 5.32 Å². The van der Waals surface area contributed by atoms with Gasteiger partial charge in [0.05, 0.1) is 5.56 Å². The Morgan fingerprint density at radius 3 is 2.35 bits per heavy atom. The number of thiocarbonyl (C=S) groups is 1. The summed E-state index contributed by atoms with van der Waals surface area (Å²) in [6.07, 6.45) is 0. The van der Waals surface area contributed by atoms with E-state index in [9.17, 15) is 13.6 Å². The van der Waals surface area contributed by atoms with Crippen LogP contribution in [-0.2, 0) is 0 Å². The standard InChI is InChI=1S/C14H10F2N2OS/c15-11-4-2-1-3-9(11)14(19)18-8-5-6-12(16)10(7-8)13(17)20/h1-7H,(H2,17,20)(H,18,19). The van der Waals surface area contributed by atoms with E-state index in [4.69, 9.17) is 18.0 Å². The molecular formula is C14H10F2N2OS. The summed E-state index contributed by atoms with van der Waals surface area (Å²) in [5.41, 5.74) is 5.56. The van der Waals surface area contributed by atoms with Crippen LogP contribution >= 0.6 is 12.2 Å². The van der Waals surface area contributed by atoms with Crippen LogP contribution in [0.25, 0.3) is 0 Å². The minimum absolute atomic E-state index is 0.0198. The molecule has 0 bridgehead atoms. The first-order valence-electron chi connectivity index (χ1n) is 5.64. The molecule has 0 heterocycles. The second-order valence-electron chi connectivity index (χ2n) is 3.99. The van der Waals surface area contributed by atoms with E-state index in [-0.39, 0.29) is 21.8 Å². The number of hydrogen-bond acceptors (Lipinski definition) is 2. The van der Waals surface area contributed by atoms with Gasteiger partial charge in [-0.15, -0.1) is 0 Å². The van der Waals surface area contributed by atoms with Crippen molar-refractivity contribution in [3.05, 3.63) is 65.2 Å². The van der Waals surface area contributed by atoms with Crippen molar-refractivity contribution in [3.8, 4) is 0 Å². The molecule has 2 rings (SSSR count). The van der Waals surface area contributed by atoms with Crippen molar-refractivity contribution in [1.29, 1.82) is 0 Å². The first-order chi connectivity index (χ1) is 9.49. The predicted octanol–water partition coefficient (Wildman–Crippen LogP) is 2.85. The Balaban J connectivity index is 2.27. The average molecular weight is 292 g/mol. The molecular weight excluding hydrogens is 282 g/mol. The molecule has 0 aliphatic carbocycles. The zero-order chi connectivity index (χ0) is 14.7. The Hall–Kier alpha value is -2.34. The lowest BCUT2D eigenvalue weighted by atomic mass is 10.1. The molecule has 0 aromatic heterocycles. The van der Waals surface area contributed by atoms with Gasteiger partial charge >= 0.3 is 0 Å². The van der Waals surface area contributed by atoms with Gasteiger partial charge in [0.25, 0.3) is 5.91 Å². The molecule has 2 aromatic carbocycles. The lowest BCUT2D eigenvalue weighted by molar-refractivity contribution is 0.102. The summed E-state index contributed by atoms with van der Waals surface area (Å²) in [6, 6.07) is 9.33. The number of anilines is 1. The molecule has 1 amide bonds. The molecule has 0 spiro atoms. The first kappa shape index (κ1) is 14.1. The third-order valence-corrected chi connectivity index (χ3v) is 2.83. The highest BCUT2D eigenvalue weighted by molar-refractivity contribution is 7.80. The maximum Gasteiger partial charge on any atom is 0.258 e. The second-order valence-corrected chi connectivity index (χ2v) is 4.43. The molecule has 20 heavy (non-hydrogen) atoms. The summed E-state index contributed by atoms with van der Waals surface area (Å²) >= 11 is 4.70. The van der Waals surface area contributed by atoms with Gasteiger partial charge in [-0.3, -0.25) is 4.79 Å². The molecule has 0 saturated carbocycles. The fourth-order valence-electron chi connectivity index (χ4n) is 1.64. The fraction of sp³-hybridized carbons (Fsp3) is 0. The Labute approximate surface area is 119 Å². The van der Waals surface area contributed by atoms with Crippen molar-refractivity contribution < 1.29 is 13.6 Å². The molecule has 3 nitrogen and oxygen atoms in total. The summed E-state index contributed by atoms with van der Waals surface area (Å²) < 4.78 is 26.9. The quantitative estimate of drug-likeness (QED) is 0.855. The van der Waals surface area contributed by atoms with Gasteiger partial charge in [-0.25, -0.2) is 8.78 Å². The molecule has 0 atom stereocenters. The van der Waals surface area contributed by atoms with Gasteiger partial charge in [-0.2, -0.15) is 0 Å². The highest BCUT2D eigenvalue weighted by Crippen LogP contribution is 2.16. The number of benzene rings is 2. The van der Waals surface area contributed by atoms with Crippen LogP contribution in [0.5, 0.6) is 0 Å². The predicted molar refractivity (Wildman–Crippen MR) is 76.6 cm³/mol. The number of halogens is 2. The Bertz CT molecular complexity index is 689. The van der Waals surface area contributed by atoms with Crippen molar-refractivity contribution in [3.63, 3.8) is 0 Å². The topological polar surface area (TPSA) is 55.1 Å². The van der Waals surface area contributed by atoms with Crippen molar-refractivity contribution in [2.24, 2.45) is 5.73 Å². The maximum absolute atomic E-state index is 13.5. The normalized spacial score (nSPS) is 10.1. The maximum atomic E-state index is 13.5. The van der Waals surface area contributed by atoms with E-state index in [1.165, 1.54) is 30.3 Å². The monoisotopic (exact) mass is 292 g/mol. The lowest BCUT2D eigenvalue weighted by Crippen LogP contribution is -2.16. The average Bonchev–Trinajstić information content (AvgIpc) is 2.41. The van der Waals surface area contributed by atoms with Gasteiger partial charge in [-0.05, 0) is 30.3 Å². The Kier molecular flexibility index (Phi) is 4.05. The van der Waals surface area contributed by atoms with Crippen molar-refractivity contribution in [2.75, 3.05) is 5.32 Å². The number of carbonyl (C=O) groups excluding carboxylic acids is 1. The zero-order valence-corrected chi connectivity index (χ0v) is 11.0. The zero-order valence-electron chi connectivity index (χ0n) is 10.2. The molecule has 3 N–H and O–H groups in total. The Morgan fingerprint density at radius 2 is 1.70 bits per heavy atom. The van der Waals surface area contributed by atoms with Gasteiger partial charge in [0.15, 0.2) is 0 Å². The van der Waals surface area contributed by atoms with Crippen LogP contribution in [0.4, 0.5) is 14.5 Å². The van der Waals surface area contributed by atoms with Crippen LogP contribution in [0.3, 0.4) is 0 Å². The van der Waals surface area contributed by atoms with Gasteiger partial charge in [0.1, 0.15) is 16.6 Å². The molecule has 0 saturated heterocycles. The van der Waals surface area contributed by atoms with E-state index >= 15 is 0 Å². The number of nitrogens with one attached hydrogen (secondary N) is 1. The van der Waals surface area contributed by atoms with E-state index in [1.807, 2.05) is 0 Å². The van der Waals surface area contributed by atoms with Gasteiger partial charge < -0.3 is 11.1 Å². The largest absolute Gasteiger partial charge is 0.389 e. The number of rotatable bonds is 3.